The molecule has 144 valence electrons. The fourth-order valence-corrected chi connectivity index (χ4v) is 3.84. The van der Waals surface area contributed by atoms with Crippen LogP contribution in [0, 0.1) is 0 Å². The first-order valence-electron chi connectivity index (χ1n) is 8.65. The zero-order valence-electron chi connectivity index (χ0n) is 14.9. The van der Waals surface area contributed by atoms with Gasteiger partial charge in [0.05, 0.1) is 11.4 Å². The van der Waals surface area contributed by atoms with Gasteiger partial charge in [0.2, 0.25) is 0 Å². The van der Waals surface area contributed by atoms with Crippen LogP contribution in [0.25, 0.3) is 0 Å². The maximum absolute atomic E-state index is 12.8. The van der Waals surface area contributed by atoms with E-state index in [1.54, 1.807) is 0 Å². The molecule has 3 aliphatic heterocycles. The minimum atomic E-state index is -2.11. The van der Waals surface area contributed by atoms with Crippen LogP contribution in [0.3, 0.4) is 0 Å². The van der Waals surface area contributed by atoms with Crippen LogP contribution in [0.4, 0.5) is 0 Å². The first-order valence-corrected chi connectivity index (χ1v) is 9.09. The zero-order valence-corrected chi connectivity index (χ0v) is 15.7. The van der Waals surface area contributed by atoms with Crippen LogP contribution in [-0.4, -0.2) is 75.5 Å². The van der Waals surface area contributed by atoms with Gasteiger partial charge < -0.3 is 19.7 Å². The van der Waals surface area contributed by atoms with Gasteiger partial charge in [0.1, 0.15) is 12.7 Å². The van der Waals surface area contributed by atoms with Crippen molar-refractivity contribution in [2.75, 3.05) is 19.7 Å². The average Bonchev–Trinajstić information content (AvgIpc) is 3.14. The van der Waals surface area contributed by atoms with Gasteiger partial charge in [0.15, 0.2) is 11.2 Å². The third-order valence-corrected chi connectivity index (χ3v) is 5.98. The molecule has 0 aromatic heterocycles. The molecule has 2 fully saturated rings. The summed E-state index contributed by atoms with van der Waals surface area (Å²) in [5.74, 6) is -1.75. The Labute approximate surface area is 157 Å². The summed E-state index contributed by atoms with van der Waals surface area (Å²) >= 11 is 6.08. The summed E-state index contributed by atoms with van der Waals surface area (Å²) in [5, 5.41) is 20.4. The Morgan fingerprint density at radius 2 is 2.08 bits per heavy atom. The summed E-state index contributed by atoms with van der Waals surface area (Å²) in [4.78, 5) is 27.3. The number of carbonyl (C=O) groups is 2. The molecule has 5 atom stereocenters. The van der Waals surface area contributed by atoms with Gasteiger partial charge in [-0.05, 0) is 31.4 Å². The summed E-state index contributed by atoms with van der Waals surface area (Å²) in [6.07, 6.45) is 1.68. The lowest BCUT2D eigenvalue weighted by molar-refractivity contribution is -0.174. The molecule has 0 radical (unpaired) electrons. The van der Waals surface area contributed by atoms with Crippen molar-refractivity contribution in [3.63, 3.8) is 0 Å². The van der Waals surface area contributed by atoms with E-state index in [-0.39, 0.29) is 18.2 Å². The Morgan fingerprint density at radius 1 is 1.38 bits per heavy atom. The highest BCUT2D eigenvalue weighted by Gasteiger charge is 2.51. The smallest absolute Gasteiger partial charge is 0.342 e. The number of aliphatic hydroxyl groups is 2. The minimum absolute atomic E-state index is 0.00760. The molecular weight excluding hydrogens is 362 g/mol. The van der Waals surface area contributed by atoms with E-state index in [1.807, 2.05) is 6.08 Å². The van der Waals surface area contributed by atoms with Crippen molar-refractivity contribution < 1.29 is 29.3 Å². The number of esters is 2. The average molecular weight is 386 g/mol. The molecule has 0 saturated carbocycles. The molecule has 0 amide bonds. The van der Waals surface area contributed by atoms with Crippen LogP contribution in [0.1, 0.15) is 26.7 Å². The van der Waals surface area contributed by atoms with Gasteiger partial charge >= 0.3 is 11.9 Å². The van der Waals surface area contributed by atoms with E-state index in [9.17, 15) is 19.8 Å². The van der Waals surface area contributed by atoms with Crippen molar-refractivity contribution >= 4 is 23.5 Å². The fraction of sp³-hybridized carbons (Fsp3) is 0.667. The van der Waals surface area contributed by atoms with E-state index < -0.39 is 41.0 Å². The number of hydrogen-bond donors (Lipinski definition) is 2. The number of carbonyl (C=O) groups excluding carboxylic acids is 2. The van der Waals surface area contributed by atoms with E-state index in [0.29, 0.717) is 13.0 Å². The summed E-state index contributed by atoms with van der Waals surface area (Å²) < 4.78 is 10.9. The van der Waals surface area contributed by atoms with E-state index in [1.165, 1.54) is 13.8 Å². The van der Waals surface area contributed by atoms with Crippen LogP contribution >= 0.6 is 11.6 Å². The van der Waals surface area contributed by atoms with Crippen molar-refractivity contribution in [2.45, 2.75) is 55.4 Å². The van der Waals surface area contributed by atoms with Crippen molar-refractivity contribution in [1.29, 1.82) is 0 Å². The highest BCUT2D eigenvalue weighted by molar-refractivity contribution is 6.23. The highest BCUT2D eigenvalue weighted by Crippen LogP contribution is 2.36. The predicted molar refractivity (Wildman–Crippen MR) is 93.5 cm³/mol. The highest BCUT2D eigenvalue weighted by atomic mass is 35.5. The first kappa shape index (κ1) is 19.4. The van der Waals surface area contributed by atoms with E-state index in [4.69, 9.17) is 21.1 Å². The van der Waals surface area contributed by atoms with Gasteiger partial charge in [-0.25, -0.2) is 9.59 Å². The second kappa shape index (κ2) is 6.64. The zero-order chi connectivity index (χ0) is 19.3. The van der Waals surface area contributed by atoms with Crippen molar-refractivity contribution in [1.82, 2.24) is 4.90 Å². The van der Waals surface area contributed by atoms with Crippen molar-refractivity contribution in [3.8, 4) is 0 Å². The van der Waals surface area contributed by atoms with E-state index in [2.05, 4.69) is 11.5 Å². The van der Waals surface area contributed by atoms with Gasteiger partial charge in [0, 0.05) is 19.5 Å². The van der Waals surface area contributed by atoms with Gasteiger partial charge in [-0.2, -0.15) is 0 Å². The Hall–Kier alpha value is -1.41. The quantitative estimate of drug-likeness (QED) is 0.386. The van der Waals surface area contributed by atoms with Gasteiger partial charge in [0.25, 0.3) is 0 Å². The molecule has 3 rings (SSSR count). The Kier molecular flexibility index (Phi) is 4.94. The lowest BCUT2D eigenvalue weighted by atomic mass is 9.84. The normalized spacial score (nSPS) is 40.0. The molecule has 0 spiro atoms. The van der Waals surface area contributed by atoms with Gasteiger partial charge in [-0.3, -0.25) is 4.90 Å². The van der Waals surface area contributed by atoms with Crippen LogP contribution in [0.2, 0.25) is 0 Å². The molecule has 26 heavy (non-hydrogen) atoms. The summed E-state index contributed by atoms with van der Waals surface area (Å²) in [7, 11) is 0. The number of rotatable bonds is 1. The Balaban J connectivity index is 1.98. The minimum Gasteiger partial charge on any atom is -0.459 e. The molecule has 0 bridgehead atoms. The van der Waals surface area contributed by atoms with E-state index in [0.717, 1.165) is 12.1 Å². The molecule has 0 aliphatic carbocycles. The maximum Gasteiger partial charge on any atom is 0.342 e. The molecule has 1 unspecified atom stereocenters. The third-order valence-electron chi connectivity index (χ3n) is 5.62. The molecule has 8 heteroatoms. The third kappa shape index (κ3) is 3.07. The predicted octanol–water partition coefficient (Wildman–Crippen LogP) is 0.525. The maximum atomic E-state index is 12.8. The van der Waals surface area contributed by atoms with Crippen molar-refractivity contribution in [3.05, 3.63) is 23.8 Å². The second-order valence-electron chi connectivity index (χ2n) is 7.42. The fourth-order valence-electron chi connectivity index (χ4n) is 3.67. The molecule has 3 aliphatic rings. The summed E-state index contributed by atoms with van der Waals surface area (Å²) in [5.41, 5.74) is -3.43. The molecule has 2 N–H and O–H groups in total. The molecule has 0 aromatic rings. The number of halogens is 1. The van der Waals surface area contributed by atoms with Gasteiger partial charge in [-0.1, -0.05) is 12.7 Å². The van der Waals surface area contributed by atoms with Crippen LogP contribution in [-0.2, 0) is 19.1 Å². The largest absolute Gasteiger partial charge is 0.459 e. The second-order valence-corrected chi connectivity index (χ2v) is 8.07. The van der Waals surface area contributed by atoms with Gasteiger partial charge in [-0.15, -0.1) is 11.6 Å². The standard InChI is InChI=1S/C18H24ClNO6/c1-10-8-18(24,11(2)19)16(22)26-13-5-7-20-6-4-12(14(13)20)9-25-15(21)17(10,3)23/h4,11,13-14,23-24H,1,5-9H2,2-3H3/t11?,13-,14-,17-,18+/m1/s1. The topological polar surface area (TPSA) is 96.3 Å². The summed E-state index contributed by atoms with van der Waals surface area (Å²) in [6, 6.07) is -0.200. The summed E-state index contributed by atoms with van der Waals surface area (Å²) in [6.45, 7) is 7.76. The Morgan fingerprint density at radius 3 is 2.73 bits per heavy atom. The molecule has 3 heterocycles. The van der Waals surface area contributed by atoms with Crippen LogP contribution in [0.5, 0.6) is 0 Å². The number of cyclic esters (lactones) is 1. The number of alkyl halides is 1. The number of ether oxygens (including phenoxy) is 2. The van der Waals surface area contributed by atoms with E-state index >= 15 is 0 Å². The lowest BCUT2D eigenvalue weighted by Crippen LogP contribution is -2.52. The number of hydrogen-bond acceptors (Lipinski definition) is 7. The van der Waals surface area contributed by atoms with Crippen LogP contribution < -0.4 is 0 Å². The monoisotopic (exact) mass is 385 g/mol. The molecule has 2 saturated heterocycles. The molecular formula is C18H24ClNO6. The Bertz CT molecular complexity index is 673. The van der Waals surface area contributed by atoms with Crippen molar-refractivity contribution in [2.24, 2.45) is 0 Å². The SMILES string of the molecule is C=C1C[C@](O)(C(C)Cl)C(=O)O[C@@H]2CCN3CC=C(COC(=O)[C@]1(C)O)[C@H]23. The number of nitrogens with zero attached hydrogens (tertiary/aromatic N) is 1. The van der Waals surface area contributed by atoms with Crippen LogP contribution in [0.15, 0.2) is 23.8 Å². The first-order chi connectivity index (χ1) is 12.1. The molecule has 0 aromatic carbocycles. The lowest BCUT2D eigenvalue weighted by Gasteiger charge is -2.35. The molecule has 7 nitrogen and oxygen atoms in total.